The third kappa shape index (κ3) is 3.39. The van der Waals surface area contributed by atoms with Gasteiger partial charge in [0.15, 0.2) is 0 Å². The van der Waals surface area contributed by atoms with Gasteiger partial charge in [0.05, 0.1) is 11.8 Å². The minimum absolute atomic E-state index is 0.0948. The number of nitrogens with zero attached hydrogens (tertiary/aromatic N) is 2. The molecule has 1 heterocycles. The van der Waals surface area contributed by atoms with E-state index >= 15 is 0 Å². The van der Waals surface area contributed by atoms with E-state index in [4.69, 9.17) is 23.2 Å². The molecule has 0 radical (unpaired) electrons. The zero-order chi connectivity index (χ0) is 15.7. The van der Waals surface area contributed by atoms with Crippen molar-refractivity contribution in [3.8, 4) is 0 Å². The largest absolute Gasteiger partial charge is 0.388 e. The van der Waals surface area contributed by atoms with Crippen LogP contribution in [0.2, 0.25) is 10.2 Å². The van der Waals surface area contributed by atoms with Crippen molar-refractivity contribution in [2.75, 3.05) is 0 Å². The first-order chi connectivity index (χ1) is 9.81. The van der Waals surface area contributed by atoms with Crippen LogP contribution in [0, 0.1) is 5.82 Å². The molecule has 3 nitrogen and oxygen atoms in total. The van der Waals surface area contributed by atoms with E-state index in [0.717, 1.165) is 5.69 Å². The molecule has 0 aliphatic heterocycles. The first-order valence-corrected chi connectivity index (χ1v) is 7.41. The van der Waals surface area contributed by atoms with Gasteiger partial charge < -0.3 is 5.11 Å². The molecule has 6 heteroatoms. The maximum atomic E-state index is 13.8. The Morgan fingerprint density at radius 2 is 2.00 bits per heavy atom. The van der Waals surface area contributed by atoms with E-state index in [2.05, 4.69) is 5.10 Å². The van der Waals surface area contributed by atoms with Crippen LogP contribution in [0.25, 0.3) is 0 Å². The van der Waals surface area contributed by atoms with Crippen molar-refractivity contribution in [3.63, 3.8) is 0 Å². The molecule has 1 aromatic carbocycles. The summed E-state index contributed by atoms with van der Waals surface area (Å²) in [5, 5.41) is 15.6. The third-order valence-corrected chi connectivity index (χ3v) is 4.02. The zero-order valence-electron chi connectivity index (χ0n) is 12.1. The summed E-state index contributed by atoms with van der Waals surface area (Å²) >= 11 is 12.1. The second-order valence-corrected chi connectivity index (χ2v) is 6.12. The Hall–Kier alpha value is -1.10. The van der Waals surface area contributed by atoms with Crippen LogP contribution in [0.3, 0.4) is 0 Å². The second kappa shape index (κ2) is 6.34. The van der Waals surface area contributed by atoms with Gasteiger partial charge in [0.1, 0.15) is 11.0 Å². The fourth-order valence-corrected chi connectivity index (χ4v) is 2.74. The number of hydrogen-bond donors (Lipinski definition) is 1. The Balaban J connectivity index is 2.36. The third-order valence-electron chi connectivity index (χ3n) is 3.34. The predicted molar refractivity (Wildman–Crippen MR) is 82.4 cm³/mol. The first-order valence-electron chi connectivity index (χ1n) is 6.65. The summed E-state index contributed by atoms with van der Waals surface area (Å²) in [7, 11) is 1.71. The molecule has 0 spiro atoms. The van der Waals surface area contributed by atoms with E-state index in [-0.39, 0.29) is 12.3 Å². The molecule has 2 rings (SSSR count). The average Bonchev–Trinajstić information content (AvgIpc) is 2.70. The van der Waals surface area contributed by atoms with Gasteiger partial charge in [-0.2, -0.15) is 5.10 Å². The molecule has 0 saturated heterocycles. The first kappa shape index (κ1) is 16.3. The van der Waals surface area contributed by atoms with Gasteiger partial charge in [0, 0.05) is 24.1 Å². The van der Waals surface area contributed by atoms with E-state index in [0.29, 0.717) is 21.3 Å². The molecular formula is C15H17Cl2FN2O. The van der Waals surface area contributed by atoms with Crippen molar-refractivity contribution in [1.82, 2.24) is 9.78 Å². The molecule has 0 aliphatic carbocycles. The van der Waals surface area contributed by atoms with Crippen molar-refractivity contribution < 1.29 is 9.50 Å². The van der Waals surface area contributed by atoms with Gasteiger partial charge in [-0.05, 0) is 29.7 Å². The summed E-state index contributed by atoms with van der Waals surface area (Å²) in [5.41, 5.74) is 1.62. The van der Waals surface area contributed by atoms with Gasteiger partial charge in [0.2, 0.25) is 0 Å². The van der Waals surface area contributed by atoms with Crippen LogP contribution in [-0.2, 0) is 13.5 Å². The van der Waals surface area contributed by atoms with Gasteiger partial charge in [-0.3, -0.25) is 4.68 Å². The normalized spacial score (nSPS) is 13.0. The molecule has 1 unspecified atom stereocenters. The number of aryl methyl sites for hydroxylation is 1. The van der Waals surface area contributed by atoms with Crippen molar-refractivity contribution in [2.24, 2.45) is 7.05 Å². The van der Waals surface area contributed by atoms with Crippen molar-refractivity contribution in [1.29, 1.82) is 0 Å². The van der Waals surface area contributed by atoms with Gasteiger partial charge in [-0.25, -0.2) is 4.39 Å². The summed E-state index contributed by atoms with van der Waals surface area (Å²) in [5.74, 6) is -0.290. The lowest BCUT2D eigenvalue weighted by Crippen LogP contribution is -2.07. The van der Waals surface area contributed by atoms with Gasteiger partial charge >= 0.3 is 0 Å². The predicted octanol–water partition coefficient (Wildman–Crippen LogP) is 4.27. The number of aliphatic hydroxyl groups excluding tert-OH is 1. The van der Waals surface area contributed by atoms with Crippen molar-refractivity contribution >= 4 is 23.2 Å². The highest BCUT2D eigenvalue weighted by molar-refractivity contribution is 6.30. The summed E-state index contributed by atoms with van der Waals surface area (Å²) in [6, 6.07) is 4.28. The van der Waals surface area contributed by atoms with E-state index < -0.39 is 11.9 Å². The summed E-state index contributed by atoms with van der Waals surface area (Å²) < 4.78 is 15.3. The maximum absolute atomic E-state index is 13.8. The van der Waals surface area contributed by atoms with Crippen molar-refractivity contribution in [3.05, 3.63) is 51.0 Å². The van der Waals surface area contributed by atoms with Crippen LogP contribution in [0.15, 0.2) is 18.2 Å². The highest BCUT2D eigenvalue weighted by Crippen LogP contribution is 2.33. The molecule has 21 heavy (non-hydrogen) atoms. The number of benzene rings is 1. The molecule has 0 saturated carbocycles. The summed E-state index contributed by atoms with van der Waals surface area (Å²) in [4.78, 5) is 0. The molecule has 1 atom stereocenters. The Labute approximate surface area is 133 Å². The quantitative estimate of drug-likeness (QED) is 0.909. The summed E-state index contributed by atoms with van der Waals surface area (Å²) in [6.45, 7) is 3.93. The van der Waals surface area contributed by atoms with Crippen LogP contribution in [0.4, 0.5) is 4.39 Å². The maximum Gasteiger partial charge on any atom is 0.132 e. The molecule has 0 amide bonds. The molecule has 2 aromatic rings. The molecule has 0 fully saturated rings. The summed E-state index contributed by atoms with van der Waals surface area (Å²) in [6.07, 6.45) is -0.839. The lowest BCUT2D eigenvalue weighted by atomic mass is 9.97. The Morgan fingerprint density at radius 1 is 1.33 bits per heavy atom. The fourth-order valence-electron chi connectivity index (χ4n) is 2.28. The lowest BCUT2D eigenvalue weighted by Gasteiger charge is -2.14. The molecule has 0 bridgehead atoms. The molecule has 114 valence electrons. The molecule has 0 aliphatic rings. The number of halogens is 3. The van der Waals surface area contributed by atoms with Crippen LogP contribution in [-0.4, -0.2) is 14.9 Å². The number of aliphatic hydroxyl groups is 1. The van der Waals surface area contributed by atoms with Gasteiger partial charge in [0.25, 0.3) is 0 Å². The number of aromatic nitrogens is 2. The smallest absolute Gasteiger partial charge is 0.132 e. The van der Waals surface area contributed by atoms with Crippen molar-refractivity contribution in [2.45, 2.75) is 32.3 Å². The standard InChI is InChI=1S/C15H17Cl2FN2O/c1-8(2)14-13(15(17)20(3)19-14)12(21)7-9-6-10(16)4-5-11(9)18/h4-6,8,12,21H,7H2,1-3H3. The highest BCUT2D eigenvalue weighted by atomic mass is 35.5. The Bertz CT molecular complexity index is 655. The fraction of sp³-hybridized carbons (Fsp3) is 0.400. The number of hydrogen-bond acceptors (Lipinski definition) is 2. The zero-order valence-corrected chi connectivity index (χ0v) is 13.6. The molecule has 1 aromatic heterocycles. The minimum atomic E-state index is -0.934. The van der Waals surface area contributed by atoms with Crippen LogP contribution in [0.5, 0.6) is 0 Å². The van der Waals surface area contributed by atoms with Gasteiger partial charge in [-0.15, -0.1) is 0 Å². The Morgan fingerprint density at radius 3 is 2.62 bits per heavy atom. The average molecular weight is 331 g/mol. The molecule has 1 N–H and O–H groups in total. The Kier molecular flexibility index (Phi) is 4.91. The lowest BCUT2D eigenvalue weighted by molar-refractivity contribution is 0.176. The number of rotatable bonds is 4. The van der Waals surface area contributed by atoms with Crippen LogP contribution < -0.4 is 0 Å². The van der Waals surface area contributed by atoms with Crippen LogP contribution in [0.1, 0.15) is 42.7 Å². The van der Waals surface area contributed by atoms with E-state index in [1.165, 1.54) is 22.9 Å². The minimum Gasteiger partial charge on any atom is -0.388 e. The van der Waals surface area contributed by atoms with Gasteiger partial charge in [-0.1, -0.05) is 37.0 Å². The topological polar surface area (TPSA) is 38.0 Å². The van der Waals surface area contributed by atoms with Crippen LogP contribution >= 0.6 is 23.2 Å². The van der Waals surface area contributed by atoms with E-state index in [9.17, 15) is 9.50 Å². The second-order valence-electron chi connectivity index (χ2n) is 5.32. The monoisotopic (exact) mass is 330 g/mol. The van der Waals surface area contributed by atoms with E-state index in [1.54, 1.807) is 7.05 Å². The molecular weight excluding hydrogens is 314 g/mol. The van der Waals surface area contributed by atoms with E-state index in [1.807, 2.05) is 13.8 Å². The highest BCUT2D eigenvalue weighted by Gasteiger charge is 2.24. The SMILES string of the molecule is CC(C)c1nn(C)c(Cl)c1C(O)Cc1cc(Cl)ccc1F.